The Bertz CT molecular complexity index is 1750. The van der Waals surface area contributed by atoms with Crippen LogP contribution in [0.1, 0.15) is 53.8 Å². The van der Waals surface area contributed by atoms with Crippen LogP contribution in [-0.2, 0) is 20.9 Å². The molecule has 2 aliphatic rings. The Kier molecular flexibility index (Phi) is 9.27. The number of anilines is 2. The number of esters is 1. The highest BCUT2D eigenvalue weighted by atomic mass is 35.5. The molecule has 2 N–H and O–H groups in total. The molecule has 1 aliphatic carbocycles. The molecular weight excluding hydrogens is 603 g/mol. The van der Waals surface area contributed by atoms with E-state index in [9.17, 15) is 14.0 Å². The molecule has 0 saturated carbocycles. The van der Waals surface area contributed by atoms with Crippen molar-refractivity contribution in [2.24, 2.45) is 5.92 Å². The summed E-state index contributed by atoms with van der Waals surface area (Å²) in [7, 11) is 1.33. The van der Waals surface area contributed by atoms with Gasteiger partial charge >= 0.3 is 5.97 Å². The maximum absolute atomic E-state index is 14.6. The van der Waals surface area contributed by atoms with E-state index >= 15 is 0 Å². The van der Waals surface area contributed by atoms with E-state index in [0.717, 1.165) is 36.6 Å². The van der Waals surface area contributed by atoms with Gasteiger partial charge in [-0.1, -0.05) is 23.7 Å². The van der Waals surface area contributed by atoms with Crippen LogP contribution in [0.2, 0.25) is 5.02 Å². The van der Waals surface area contributed by atoms with E-state index in [1.54, 1.807) is 42.7 Å². The highest BCUT2D eigenvalue weighted by molar-refractivity contribution is 6.35. The average molecular weight is 635 g/mol. The molecule has 1 aliphatic heterocycles. The van der Waals surface area contributed by atoms with Crippen molar-refractivity contribution in [2.45, 2.75) is 44.8 Å². The van der Waals surface area contributed by atoms with E-state index in [1.807, 2.05) is 6.08 Å². The zero-order chi connectivity index (χ0) is 31.3. The Balaban J connectivity index is 1.07. The number of rotatable bonds is 11. The van der Waals surface area contributed by atoms with Crippen molar-refractivity contribution in [3.05, 3.63) is 82.7 Å². The van der Waals surface area contributed by atoms with Crippen LogP contribution in [0.4, 0.5) is 15.8 Å². The molecule has 45 heavy (non-hydrogen) atoms. The zero-order valence-electron chi connectivity index (χ0n) is 24.6. The Hall–Kier alpha value is -4.48. The fourth-order valence-electron chi connectivity index (χ4n) is 5.41. The average Bonchev–Trinajstić information content (AvgIpc) is 3.53. The van der Waals surface area contributed by atoms with Gasteiger partial charge in [-0.2, -0.15) is 9.37 Å². The van der Waals surface area contributed by atoms with Crippen molar-refractivity contribution < 1.29 is 32.6 Å². The van der Waals surface area contributed by atoms with Gasteiger partial charge in [-0.3, -0.25) is 4.79 Å². The van der Waals surface area contributed by atoms with Gasteiger partial charge in [-0.25, -0.2) is 9.78 Å². The lowest BCUT2D eigenvalue weighted by molar-refractivity contribution is -0.117. The van der Waals surface area contributed by atoms with Crippen LogP contribution in [0.3, 0.4) is 0 Å². The minimum atomic E-state index is -0.664. The lowest BCUT2D eigenvalue weighted by Crippen LogP contribution is -2.33. The molecule has 3 heterocycles. The standard InChI is InChI=1S/C33H32ClFN4O6/c1-42-33(41)21-7-9-27(28(15-21)36-16-23-10-12-43-23)38-29(40)14-19-2-4-20(5-3-19)31-37-17-26(35)32(39-31)45-18-22-6-8-25(34)24-11-13-44-30(22)24/h4,6-9,11,13,15,17,19,23,36H,2-3,5,10,12,14,16,18H2,1H3,(H,38,40)/t19?,23-/m0/s1. The summed E-state index contributed by atoms with van der Waals surface area (Å²) in [4.78, 5) is 33.6. The molecular formula is C33H32ClFN4O6. The minimum Gasteiger partial charge on any atom is -0.470 e. The number of allylic oxidation sites excluding steroid dienone is 2. The molecule has 4 aromatic rings. The van der Waals surface area contributed by atoms with Crippen molar-refractivity contribution >= 4 is 51.4 Å². The molecule has 1 fully saturated rings. The first kappa shape index (κ1) is 30.5. The number of amides is 1. The topological polar surface area (TPSA) is 125 Å². The number of hydrogen-bond acceptors (Lipinski definition) is 9. The number of halogens is 2. The van der Waals surface area contributed by atoms with E-state index in [0.29, 0.717) is 64.7 Å². The number of nitrogens with one attached hydrogen (secondary N) is 2. The molecule has 12 heteroatoms. The number of fused-ring (bicyclic) bond motifs is 1. The molecule has 0 radical (unpaired) electrons. The maximum atomic E-state index is 14.6. The van der Waals surface area contributed by atoms with Crippen LogP contribution >= 0.6 is 11.6 Å². The molecule has 234 valence electrons. The smallest absolute Gasteiger partial charge is 0.337 e. The number of methoxy groups -OCH3 is 1. The van der Waals surface area contributed by atoms with Crippen molar-refractivity contribution in [2.75, 3.05) is 30.9 Å². The quantitative estimate of drug-likeness (QED) is 0.171. The molecule has 0 bridgehead atoms. The fraction of sp³-hybridized carbons (Fsp3) is 0.333. The van der Waals surface area contributed by atoms with Crippen LogP contribution < -0.4 is 15.4 Å². The molecule has 1 unspecified atom stereocenters. The normalized spacial score (nSPS) is 17.7. The molecule has 2 aromatic carbocycles. The third-order valence-electron chi connectivity index (χ3n) is 8.03. The first-order chi connectivity index (χ1) is 21.9. The summed E-state index contributed by atoms with van der Waals surface area (Å²) in [5.41, 5.74) is 3.76. The summed E-state index contributed by atoms with van der Waals surface area (Å²) >= 11 is 6.22. The monoisotopic (exact) mass is 634 g/mol. The van der Waals surface area contributed by atoms with E-state index in [1.165, 1.54) is 7.11 Å². The largest absolute Gasteiger partial charge is 0.470 e. The summed E-state index contributed by atoms with van der Waals surface area (Å²) in [6.07, 6.45) is 8.04. The van der Waals surface area contributed by atoms with Gasteiger partial charge in [0.25, 0.3) is 5.88 Å². The SMILES string of the molecule is COC(=O)c1ccc(NC(=O)CC2CC=C(c3ncc(F)c(OCc4ccc(Cl)c5ccoc45)n3)CC2)c(NC[C@@H]2CCO2)c1. The molecule has 1 amide bonds. The van der Waals surface area contributed by atoms with Gasteiger partial charge in [0.15, 0.2) is 5.82 Å². The number of benzene rings is 2. The summed E-state index contributed by atoms with van der Waals surface area (Å²) in [5, 5.41) is 7.59. The predicted octanol–water partition coefficient (Wildman–Crippen LogP) is 6.79. The highest BCUT2D eigenvalue weighted by Crippen LogP contribution is 2.33. The third kappa shape index (κ3) is 7.10. The predicted molar refractivity (Wildman–Crippen MR) is 167 cm³/mol. The van der Waals surface area contributed by atoms with Gasteiger partial charge in [0, 0.05) is 30.5 Å². The zero-order valence-corrected chi connectivity index (χ0v) is 25.4. The highest BCUT2D eigenvalue weighted by Gasteiger charge is 2.23. The Morgan fingerprint density at radius 2 is 2.02 bits per heavy atom. The fourth-order valence-corrected chi connectivity index (χ4v) is 5.62. The number of hydrogen-bond donors (Lipinski definition) is 2. The number of carbonyl (C=O) groups excluding carboxylic acids is 2. The molecule has 2 aromatic heterocycles. The van der Waals surface area contributed by atoms with Crippen LogP contribution in [0, 0.1) is 11.7 Å². The molecule has 1 saturated heterocycles. The van der Waals surface area contributed by atoms with Crippen LogP contribution in [-0.4, -0.2) is 48.2 Å². The van der Waals surface area contributed by atoms with Crippen LogP contribution in [0.5, 0.6) is 5.88 Å². The van der Waals surface area contributed by atoms with Crippen LogP contribution in [0.15, 0.2) is 59.4 Å². The van der Waals surface area contributed by atoms with Gasteiger partial charge in [0.2, 0.25) is 11.7 Å². The van der Waals surface area contributed by atoms with Gasteiger partial charge in [-0.15, -0.1) is 0 Å². The third-order valence-corrected chi connectivity index (χ3v) is 8.36. The Labute approximate surface area is 263 Å². The lowest BCUT2D eigenvalue weighted by atomic mass is 9.87. The summed E-state index contributed by atoms with van der Waals surface area (Å²) in [5.74, 6) is -0.898. The van der Waals surface area contributed by atoms with Crippen LogP contribution in [0.25, 0.3) is 16.5 Å². The number of ether oxygens (including phenoxy) is 3. The van der Waals surface area contributed by atoms with Gasteiger partial charge in [0.05, 0.1) is 47.6 Å². The first-order valence-electron chi connectivity index (χ1n) is 14.7. The first-order valence-corrected chi connectivity index (χ1v) is 15.1. The number of carbonyl (C=O) groups is 2. The molecule has 6 rings (SSSR count). The van der Waals surface area contributed by atoms with E-state index in [2.05, 4.69) is 20.6 Å². The van der Waals surface area contributed by atoms with E-state index < -0.39 is 11.8 Å². The lowest BCUT2D eigenvalue weighted by Gasteiger charge is -2.27. The second kappa shape index (κ2) is 13.7. The second-order valence-corrected chi connectivity index (χ2v) is 11.4. The number of aromatic nitrogens is 2. The number of furan rings is 1. The summed E-state index contributed by atoms with van der Waals surface area (Å²) in [6.45, 7) is 1.34. The molecule has 2 atom stereocenters. The Morgan fingerprint density at radius 3 is 2.78 bits per heavy atom. The second-order valence-electron chi connectivity index (χ2n) is 11.0. The van der Waals surface area contributed by atoms with Crippen molar-refractivity contribution in [1.82, 2.24) is 9.97 Å². The van der Waals surface area contributed by atoms with Crippen molar-refractivity contribution in [3.63, 3.8) is 0 Å². The van der Waals surface area contributed by atoms with Crippen molar-refractivity contribution in [1.29, 1.82) is 0 Å². The Morgan fingerprint density at radius 1 is 1.16 bits per heavy atom. The van der Waals surface area contributed by atoms with Gasteiger partial charge < -0.3 is 29.3 Å². The minimum absolute atomic E-state index is 0.0435. The summed E-state index contributed by atoms with van der Waals surface area (Å²) in [6, 6.07) is 10.3. The summed E-state index contributed by atoms with van der Waals surface area (Å²) < 4.78 is 36.2. The van der Waals surface area contributed by atoms with Gasteiger partial charge in [-0.05, 0) is 67.5 Å². The number of nitrogens with zero attached hydrogens (tertiary/aromatic N) is 2. The van der Waals surface area contributed by atoms with E-state index in [4.69, 9.17) is 30.2 Å². The van der Waals surface area contributed by atoms with Gasteiger partial charge in [0.1, 0.15) is 12.2 Å². The molecule has 0 spiro atoms. The van der Waals surface area contributed by atoms with Crippen molar-refractivity contribution in [3.8, 4) is 5.88 Å². The van der Waals surface area contributed by atoms with E-state index in [-0.39, 0.29) is 30.4 Å². The molecule has 10 nitrogen and oxygen atoms in total. The maximum Gasteiger partial charge on any atom is 0.337 e.